The van der Waals surface area contributed by atoms with E-state index in [4.69, 9.17) is 0 Å². The monoisotopic (exact) mass is 440 g/mol. The van der Waals surface area contributed by atoms with E-state index in [2.05, 4.69) is 24.1 Å². The molecule has 0 aromatic heterocycles. The van der Waals surface area contributed by atoms with Crippen molar-refractivity contribution < 1.29 is 46.7 Å². The van der Waals surface area contributed by atoms with E-state index in [0.29, 0.717) is 0 Å². The molecule has 1 atom stereocenters. The van der Waals surface area contributed by atoms with Crippen LogP contribution in [0.15, 0.2) is 12.2 Å². The van der Waals surface area contributed by atoms with Gasteiger partial charge in [0.25, 0.3) is 0 Å². The molecule has 0 aliphatic heterocycles. The third-order valence-corrected chi connectivity index (χ3v) is 5.66. The summed E-state index contributed by atoms with van der Waals surface area (Å²) in [6, 6.07) is 0. The average molecular weight is 441 g/mol. The molecule has 0 amide bonds. The molecule has 0 saturated heterocycles. The normalized spacial score (nSPS) is 12.9. The molecule has 0 rings (SSSR count). The summed E-state index contributed by atoms with van der Waals surface area (Å²) in [6.45, 7) is 4.38. The van der Waals surface area contributed by atoms with Gasteiger partial charge in [-0.05, 0) is 12.8 Å². The van der Waals surface area contributed by atoms with Crippen molar-refractivity contribution in [1.29, 1.82) is 0 Å². The topological polar surface area (TPSA) is 66.4 Å². The molecule has 0 spiro atoms. The Bertz CT molecular complexity index is 452. The standard InChI is InChI=1S/C23H46O4S.Na/c1-3-5-7-9-10-11-12-13-14-15-16-17-19-21-23(20-18-8-6-4-2)22-27-28(24,25)26;/h18,20,23H,3-17,19,21-22H2,1-2H3,(H,24,25,26);/q;+1/p-1/b20-18+;. The Morgan fingerprint density at radius 2 is 1.21 bits per heavy atom. The minimum absolute atomic E-state index is 0. The van der Waals surface area contributed by atoms with Crippen molar-refractivity contribution >= 4 is 10.4 Å². The van der Waals surface area contributed by atoms with Gasteiger partial charge in [-0.25, -0.2) is 8.42 Å². The number of unbranched alkanes of at least 4 members (excludes halogenated alkanes) is 14. The van der Waals surface area contributed by atoms with Crippen molar-refractivity contribution in [2.24, 2.45) is 5.92 Å². The van der Waals surface area contributed by atoms with Crippen LogP contribution in [0.4, 0.5) is 0 Å². The summed E-state index contributed by atoms with van der Waals surface area (Å²) in [7, 11) is -4.60. The van der Waals surface area contributed by atoms with Crippen LogP contribution in [0.3, 0.4) is 0 Å². The van der Waals surface area contributed by atoms with Crippen LogP contribution in [-0.2, 0) is 14.6 Å². The molecule has 0 aromatic rings. The number of rotatable bonds is 21. The van der Waals surface area contributed by atoms with Crippen molar-refractivity contribution in [3.05, 3.63) is 12.2 Å². The van der Waals surface area contributed by atoms with Gasteiger partial charge in [0.2, 0.25) is 10.4 Å². The Morgan fingerprint density at radius 1 is 0.759 bits per heavy atom. The molecule has 0 aliphatic carbocycles. The molecular weight excluding hydrogens is 395 g/mol. The molecule has 29 heavy (non-hydrogen) atoms. The minimum Gasteiger partial charge on any atom is -0.726 e. The zero-order valence-corrected chi connectivity index (χ0v) is 22.3. The Balaban J connectivity index is 0. The van der Waals surface area contributed by atoms with Gasteiger partial charge < -0.3 is 4.55 Å². The first-order valence-electron chi connectivity index (χ1n) is 11.8. The molecule has 0 heterocycles. The first-order chi connectivity index (χ1) is 13.5. The maximum Gasteiger partial charge on any atom is 1.00 e. The summed E-state index contributed by atoms with van der Waals surface area (Å²) in [6.07, 6.45) is 25.4. The first kappa shape index (κ1) is 31.8. The van der Waals surface area contributed by atoms with Gasteiger partial charge in [-0.15, -0.1) is 0 Å². The van der Waals surface area contributed by atoms with Gasteiger partial charge in [0.1, 0.15) is 0 Å². The maximum absolute atomic E-state index is 10.7. The maximum atomic E-state index is 10.7. The van der Waals surface area contributed by atoms with E-state index < -0.39 is 10.4 Å². The zero-order chi connectivity index (χ0) is 20.9. The Kier molecular flexibility index (Phi) is 25.5. The summed E-state index contributed by atoms with van der Waals surface area (Å²) in [4.78, 5) is 0. The van der Waals surface area contributed by atoms with Crippen LogP contribution in [0, 0.1) is 5.92 Å². The Hall–Kier alpha value is 0.610. The number of hydrogen-bond acceptors (Lipinski definition) is 4. The number of allylic oxidation sites excluding steroid dienone is 1. The average Bonchev–Trinajstić information content (AvgIpc) is 2.65. The van der Waals surface area contributed by atoms with Gasteiger partial charge in [-0.2, -0.15) is 0 Å². The number of hydrogen-bond donors (Lipinski definition) is 0. The van der Waals surface area contributed by atoms with Crippen molar-refractivity contribution in [2.75, 3.05) is 6.61 Å². The smallest absolute Gasteiger partial charge is 0.726 e. The van der Waals surface area contributed by atoms with Crippen molar-refractivity contribution in [3.63, 3.8) is 0 Å². The van der Waals surface area contributed by atoms with E-state index in [0.717, 1.165) is 32.1 Å². The van der Waals surface area contributed by atoms with Crippen LogP contribution in [0.2, 0.25) is 0 Å². The molecule has 6 heteroatoms. The van der Waals surface area contributed by atoms with Gasteiger partial charge in [0, 0.05) is 5.92 Å². The molecule has 1 unspecified atom stereocenters. The van der Waals surface area contributed by atoms with Gasteiger partial charge in [0.05, 0.1) is 6.61 Å². The molecule has 0 aliphatic rings. The van der Waals surface area contributed by atoms with Gasteiger partial charge in [0.15, 0.2) is 0 Å². The second-order valence-corrected chi connectivity index (χ2v) is 9.11. The fourth-order valence-electron chi connectivity index (χ4n) is 3.44. The molecule has 0 saturated carbocycles. The second kappa shape index (κ2) is 23.3. The predicted octanol–water partition coefficient (Wildman–Crippen LogP) is 4.31. The summed E-state index contributed by atoms with van der Waals surface area (Å²) in [5.74, 6) is 0.0216. The van der Waals surface area contributed by atoms with Gasteiger partial charge in [-0.1, -0.05) is 122 Å². The summed E-state index contributed by atoms with van der Waals surface area (Å²) < 4.78 is 36.6. The molecular formula is C23H45NaO4S. The summed E-state index contributed by atoms with van der Waals surface area (Å²) >= 11 is 0. The Labute approximate surface area is 203 Å². The second-order valence-electron chi connectivity index (χ2n) is 8.05. The predicted molar refractivity (Wildman–Crippen MR) is 118 cm³/mol. The van der Waals surface area contributed by atoms with Gasteiger partial charge in [-0.3, -0.25) is 4.18 Å². The molecule has 0 aromatic carbocycles. The fourth-order valence-corrected chi connectivity index (χ4v) is 3.78. The summed E-state index contributed by atoms with van der Waals surface area (Å²) in [5.41, 5.74) is 0. The third-order valence-electron chi connectivity index (χ3n) is 5.24. The largest absolute Gasteiger partial charge is 1.00 e. The van der Waals surface area contributed by atoms with E-state index >= 15 is 0 Å². The van der Waals surface area contributed by atoms with Crippen LogP contribution in [0.25, 0.3) is 0 Å². The van der Waals surface area contributed by atoms with Crippen molar-refractivity contribution in [3.8, 4) is 0 Å². The van der Waals surface area contributed by atoms with Crippen LogP contribution in [0.1, 0.15) is 123 Å². The van der Waals surface area contributed by atoms with Crippen molar-refractivity contribution in [1.82, 2.24) is 0 Å². The van der Waals surface area contributed by atoms with Crippen LogP contribution in [0.5, 0.6) is 0 Å². The van der Waals surface area contributed by atoms with E-state index in [1.165, 1.54) is 77.0 Å². The SMILES string of the molecule is CCCC/C=C/C(CCCCCCCCCCCCCCC)COS(=O)(=O)[O-].[Na+]. The fraction of sp³-hybridized carbons (Fsp3) is 0.913. The molecule has 168 valence electrons. The Morgan fingerprint density at radius 3 is 1.66 bits per heavy atom. The first-order valence-corrected chi connectivity index (χ1v) is 13.1. The van der Waals surface area contributed by atoms with Crippen molar-refractivity contribution in [2.45, 2.75) is 123 Å². The summed E-state index contributed by atoms with van der Waals surface area (Å²) in [5, 5.41) is 0. The molecule has 0 bridgehead atoms. The van der Waals surface area contributed by atoms with E-state index in [-0.39, 0.29) is 42.1 Å². The third kappa shape index (κ3) is 26.6. The molecule has 0 radical (unpaired) electrons. The zero-order valence-electron chi connectivity index (χ0n) is 19.5. The quantitative estimate of drug-likeness (QED) is 0.0877. The van der Waals surface area contributed by atoms with Crippen LogP contribution in [-0.4, -0.2) is 19.6 Å². The van der Waals surface area contributed by atoms with Crippen LogP contribution >= 0.6 is 0 Å². The van der Waals surface area contributed by atoms with E-state index in [1.54, 1.807) is 0 Å². The molecule has 4 nitrogen and oxygen atoms in total. The minimum atomic E-state index is -4.60. The molecule has 0 N–H and O–H groups in total. The van der Waals surface area contributed by atoms with E-state index in [1.807, 2.05) is 6.08 Å². The van der Waals surface area contributed by atoms with Crippen LogP contribution < -0.4 is 29.6 Å². The van der Waals surface area contributed by atoms with E-state index in [9.17, 15) is 13.0 Å². The van der Waals surface area contributed by atoms with Gasteiger partial charge >= 0.3 is 29.6 Å². The molecule has 0 fully saturated rings.